The molecule has 0 nitrogen and oxygen atoms in total. The van der Waals surface area contributed by atoms with Crippen LogP contribution in [-0.4, -0.2) is 0 Å². The Morgan fingerprint density at radius 2 is 0.283 bits per heavy atom. The molecule has 0 aromatic heterocycles. The Hall–Kier alpha value is -5.28. The van der Waals surface area contributed by atoms with Gasteiger partial charge in [0.15, 0.2) is 0 Å². The average molecular weight is 892 g/mol. The van der Waals surface area contributed by atoms with Crippen LogP contribution in [-0.2, 0) is 0 Å². The van der Waals surface area contributed by atoms with E-state index in [1.54, 1.807) is 0 Å². The lowest BCUT2D eigenvalue weighted by atomic mass is 9.82. The van der Waals surface area contributed by atoms with E-state index in [0.717, 1.165) is 99.1 Å². The smallest absolute Gasteiger partial charge is 0.0406 e. The maximum Gasteiger partial charge on any atom is 0.0406 e. The summed E-state index contributed by atoms with van der Waals surface area (Å²) in [5.74, 6) is 0. The molecule has 60 heavy (non-hydrogen) atoms. The highest BCUT2D eigenvalue weighted by molar-refractivity contribution is 6.33. The van der Waals surface area contributed by atoms with Crippen molar-refractivity contribution in [1.82, 2.24) is 0 Å². The van der Waals surface area contributed by atoms with Crippen LogP contribution in [0.15, 0.2) is 182 Å². The van der Waals surface area contributed by atoms with Crippen LogP contribution in [0.25, 0.3) is 99.1 Å². The third-order valence-electron chi connectivity index (χ3n) is 11.3. The molecule has 0 aliphatic heterocycles. The van der Waals surface area contributed by atoms with Crippen LogP contribution < -0.4 is 0 Å². The fourth-order valence-electron chi connectivity index (χ4n) is 8.35. The summed E-state index contributed by atoms with van der Waals surface area (Å²) < 4.78 is 0. The predicted molar refractivity (Wildman–Crippen MR) is 262 cm³/mol. The summed E-state index contributed by atoms with van der Waals surface area (Å²) in [4.78, 5) is 0. The van der Waals surface area contributed by atoms with Gasteiger partial charge in [-0.2, -0.15) is 0 Å². The second kappa shape index (κ2) is 16.0. The number of hydrogen-bond acceptors (Lipinski definition) is 0. The maximum absolute atomic E-state index is 6.47. The summed E-state index contributed by atoms with van der Waals surface area (Å²) in [6.07, 6.45) is 0. The molecule has 0 radical (unpaired) electrons. The third-order valence-corrected chi connectivity index (χ3v) is 12.8. The third kappa shape index (κ3) is 7.33. The Bertz CT molecular complexity index is 2640. The molecule has 0 heterocycles. The van der Waals surface area contributed by atoms with Crippen LogP contribution >= 0.6 is 69.6 Å². The van der Waals surface area contributed by atoms with Gasteiger partial charge in [0.1, 0.15) is 0 Å². The largest absolute Gasteiger partial charge is 0.0843 e. The van der Waals surface area contributed by atoms with Crippen molar-refractivity contribution in [3.05, 3.63) is 212 Å². The van der Waals surface area contributed by atoms with E-state index in [1.807, 2.05) is 72.8 Å². The zero-order valence-electron chi connectivity index (χ0n) is 31.6. The summed E-state index contributed by atoms with van der Waals surface area (Å²) in [6, 6.07) is 62.4. The normalized spacial score (nSPS) is 11.5. The molecule has 10 rings (SSSR count). The Labute approximate surface area is 378 Å². The zero-order valence-corrected chi connectivity index (χ0v) is 36.1. The predicted octanol–water partition coefficient (Wildman–Crippen LogP) is 19.1. The highest BCUT2D eigenvalue weighted by Crippen LogP contribution is 2.48. The maximum atomic E-state index is 6.47. The molecule has 0 amide bonds. The van der Waals surface area contributed by atoms with Gasteiger partial charge in [-0.3, -0.25) is 0 Å². The van der Waals surface area contributed by atoms with Gasteiger partial charge in [0.2, 0.25) is 0 Å². The molecule has 0 fully saturated rings. The molecule has 6 heteroatoms. The van der Waals surface area contributed by atoms with E-state index in [2.05, 4.69) is 109 Å². The van der Waals surface area contributed by atoms with E-state index in [0.29, 0.717) is 30.1 Å². The second-order valence-electron chi connectivity index (χ2n) is 14.9. The first-order valence-electron chi connectivity index (χ1n) is 19.3. The molecule has 10 aromatic carbocycles. The fraction of sp³-hybridized carbons (Fsp3) is 0. The monoisotopic (exact) mass is 888 g/mol. The second-order valence-corrected chi connectivity index (χ2v) is 17.5. The van der Waals surface area contributed by atoms with Crippen molar-refractivity contribution in [2.24, 2.45) is 0 Å². The van der Waals surface area contributed by atoms with Crippen molar-refractivity contribution in [2.75, 3.05) is 0 Å². The molecule has 0 saturated carbocycles. The molecular formula is C54H30Cl6. The Balaban J connectivity index is 1.41. The molecule has 0 bridgehead atoms. The molecule has 0 atom stereocenters. The Kier molecular flexibility index (Phi) is 10.3. The molecule has 288 valence electrons. The molecule has 0 N–H and O–H groups in total. The molecule has 0 aliphatic carbocycles. The van der Waals surface area contributed by atoms with Crippen molar-refractivity contribution in [1.29, 1.82) is 0 Å². The van der Waals surface area contributed by atoms with Crippen molar-refractivity contribution in [2.45, 2.75) is 0 Å². The van der Waals surface area contributed by atoms with E-state index in [9.17, 15) is 0 Å². The van der Waals surface area contributed by atoms with E-state index >= 15 is 0 Å². The molecule has 10 aromatic rings. The number of rotatable bonds is 6. The molecule has 0 saturated heterocycles. The minimum atomic E-state index is 0.678. The summed E-state index contributed by atoms with van der Waals surface area (Å²) in [6.45, 7) is 0. The van der Waals surface area contributed by atoms with Gasteiger partial charge < -0.3 is 0 Å². The van der Waals surface area contributed by atoms with E-state index in [-0.39, 0.29) is 0 Å². The van der Waals surface area contributed by atoms with Crippen LogP contribution in [0.5, 0.6) is 0 Å². The quantitative estimate of drug-likeness (QED) is 0.146. The number of benzene rings is 10. The van der Waals surface area contributed by atoms with Gasteiger partial charge in [-0.25, -0.2) is 0 Å². The van der Waals surface area contributed by atoms with E-state index in [1.165, 1.54) is 0 Å². The van der Waals surface area contributed by atoms with E-state index in [4.69, 9.17) is 69.6 Å². The summed E-state index contributed by atoms with van der Waals surface area (Å²) in [5.41, 5.74) is 12.8. The van der Waals surface area contributed by atoms with E-state index < -0.39 is 0 Å². The van der Waals surface area contributed by atoms with Gasteiger partial charge in [0.25, 0.3) is 0 Å². The van der Waals surface area contributed by atoms with Crippen molar-refractivity contribution < 1.29 is 0 Å². The standard InChI is InChI=1S/C54H30Cl6/c55-37-13-1-31(2-14-37)43-25-49-50(26-44(43)32-3-15-38(56)16-4-32)52-28-46(34-7-19-40(58)20-8-34)48(36-11-23-42(60)24-12-36)30-54(52)53-29-47(35-9-21-41(59)22-10-35)45(27-51(49)53)33-5-17-39(57)18-6-33/h1-30H. The Morgan fingerprint density at radius 1 is 0.167 bits per heavy atom. The Morgan fingerprint density at radius 3 is 0.400 bits per heavy atom. The topological polar surface area (TPSA) is 0 Å². The van der Waals surface area contributed by atoms with Crippen molar-refractivity contribution in [3.63, 3.8) is 0 Å². The van der Waals surface area contributed by atoms with Gasteiger partial charge in [0.05, 0.1) is 0 Å². The highest BCUT2D eigenvalue weighted by Gasteiger charge is 2.21. The number of halogens is 6. The number of hydrogen-bond donors (Lipinski definition) is 0. The first-order chi connectivity index (χ1) is 29.2. The first kappa shape index (κ1) is 38.9. The SMILES string of the molecule is Clc1ccc(-c2cc3c4cc(-c5ccc(Cl)cc5)c(-c5ccc(Cl)cc5)cc4c4cc(-c5ccc(Cl)cc5)c(-c5ccc(Cl)cc5)cc4c3cc2-c2ccc(Cl)cc2)cc1. The van der Waals surface area contributed by atoms with Gasteiger partial charge >= 0.3 is 0 Å². The molecular weight excluding hydrogens is 861 g/mol. The molecule has 0 unspecified atom stereocenters. The first-order valence-corrected chi connectivity index (χ1v) is 21.5. The minimum absolute atomic E-state index is 0.678. The molecule has 0 spiro atoms. The molecule has 0 aliphatic rings. The summed E-state index contributed by atoms with van der Waals surface area (Å²) in [7, 11) is 0. The van der Waals surface area contributed by atoms with Crippen molar-refractivity contribution >= 4 is 102 Å². The zero-order chi connectivity index (χ0) is 41.1. The van der Waals surface area contributed by atoms with Crippen LogP contribution in [0.4, 0.5) is 0 Å². The van der Waals surface area contributed by atoms with Crippen LogP contribution in [0.3, 0.4) is 0 Å². The lowest BCUT2D eigenvalue weighted by Gasteiger charge is -2.21. The highest BCUT2D eigenvalue weighted by atomic mass is 35.5. The lowest BCUT2D eigenvalue weighted by Crippen LogP contribution is -1.94. The average Bonchev–Trinajstić information content (AvgIpc) is 3.27. The van der Waals surface area contributed by atoms with Gasteiger partial charge in [-0.15, -0.1) is 0 Å². The van der Waals surface area contributed by atoms with Crippen LogP contribution in [0.2, 0.25) is 30.1 Å². The van der Waals surface area contributed by atoms with Gasteiger partial charge in [-0.05, 0) is 208 Å². The van der Waals surface area contributed by atoms with Gasteiger partial charge in [0, 0.05) is 30.1 Å². The lowest BCUT2D eigenvalue weighted by molar-refractivity contribution is 1.59. The van der Waals surface area contributed by atoms with Crippen molar-refractivity contribution in [3.8, 4) is 66.8 Å². The summed E-state index contributed by atoms with van der Waals surface area (Å²) >= 11 is 38.8. The van der Waals surface area contributed by atoms with Gasteiger partial charge in [-0.1, -0.05) is 142 Å². The summed E-state index contributed by atoms with van der Waals surface area (Å²) in [5, 5.41) is 10.7. The minimum Gasteiger partial charge on any atom is -0.0843 e. The van der Waals surface area contributed by atoms with Crippen LogP contribution in [0.1, 0.15) is 0 Å². The fourth-order valence-corrected chi connectivity index (χ4v) is 9.10. The van der Waals surface area contributed by atoms with Crippen LogP contribution in [0, 0.1) is 0 Å². The number of fused-ring (bicyclic) bond motifs is 6.